The molecule has 2 heterocycles. The number of fused-ring (bicyclic) bond motifs is 3. The van der Waals surface area contributed by atoms with Crippen molar-refractivity contribution in [2.45, 2.75) is 45.7 Å². The molecule has 0 bridgehead atoms. The number of benzene rings is 1. The molecule has 3 aromatic rings. The van der Waals surface area contributed by atoms with Gasteiger partial charge in [-0.1, -0.05) is 13.8 Å². The second-order valence-electron chi connectivity index (χ2n) is 6.67. The number of hydrogen-bond acceptors (Lipinski definition) is 5. The molecule has 0 saturated carbocycles. The number of nitrogens with one attached hydrogen (secondary N) is 2. The molecule has 0 aliphatic carbocycles. The van der Waals surface area contributed by atoms with Gasteiger partial charge in [0, 0.05) is 31.0 Å². The van der Waals surface area contributed by atoms with E-state index in [1.807, 2.05) is 31.4 Å². The maximum Gasteiger partial charge on any atom is 0.124 e. The Balaban J connectivity index is 1.80. The molecule has 1 aromatic carbocycles. The lowest BCUT2D eigenvalue weighted by atomic mass is 10.1. The number of anilines is 1. The smallest absolute Gasteiger partial charge is 0.124 e. The van der Waals surface area contributed by atoms with E-state index in [-0.39, 0.29) is 0 Å². The Morgan fingerprint density at radius 1 is 1.08 bits per heavy atom. The van der Waals surface area contributed by atoms with Gasteiger partial charge in [-0.3, -0.25) is 4.98 Å². The van der Waals surface area contributed by atoms with Crippen molar-refractivity contribution < 1.29 is 0 Å². The van der Waals surface area contributed by atoms with Gasteiger partial charge in [0.05, 0.1) is 10.9 Å². The van der Waals surface area contributed by atoms with Gasteiger partial charge in [-0.15, -0.1) is 0 Å². The molecule has 6 heteroatoms. The van der Waals surface area contributed by atoms with Gasteiger partial charge in [0.15, 0.2) is 0 Å². The van der Waals surface area contributed by atoms with E-state index in [0.717, 1.165) is 47.0 Å². The summed E-state index contributed by atoms with van der Waals surface area (Å²) in [6.07, 6.45) is 4.11. The van der Waals surface area contributed by atoms with Crippen LogP contribution in [0.1, 0.15) is 33.6 Å². The molecule has 2 aromatic heterocycles. The average molecular weight is 326 g/mol. The molecule has 0 aliphatic rings. The summed E-state index contributed by atoms with van der Waals surface area (Å²) in [6, 6.07) is 6.94. The first-order chi connectivity index (χ1) is 11.5. The van der Waals surface area contributed by atoms with Crippen molar-refractivity contribution >= 4 is 27.6 Å². The molecule has 0 radical (unpaired) electrons. The molecule has 0 saturated heterocycles. The van der Waals surface area contributed by atoms with Crippen LogP contribution in [0, 0.1) is 0 Å². The lowest BCUT2D eigenvalue weighted by molar-refractivity contribution is 0.542. The van der Waals surface area contributed by atoms with Gasteiger partial charge in [-0.25, -0.2) is 0 Å². The van der Waals surface area contributed by atoms with Gasteiger partial charge in [-0.05, 0) is 44.5 Å². The largest absolute Gasteiger partial charge is 0.382 e. The number of pyridine rings is 1. The van der Waals surface area contributed by atoms with Crippen molar-refractivity contribution in [2.75, 3.05) is 11.9 Å². The minimum absolute atomic E-state index is 0.386. The monoisotopic (exact) mass is 326 g/mol. The summed E-state index contributed by atoms with van der Waals surface area (Å²) in [5, 5.41) is 17.1. The van der Waals surface area contributed by atoms with Crippen LogP contribution < -0.4 is 10.6 Å². The van der Waals surface area contributed by atoms with Crippen LogP contribution in [-0.4, -0.2) is 38.6 Å². The molecule has 1 unspecified atom stereocenters. The molecule has 0 fully saturated rings. The van der Waals surface area contributed by atoms with Crippen molar-refractivity contribution in [2.24, 2.45) is 7.05 Å². The summed E-state index contributed by atoms with van der Waals surface area (Å²) < 4.78 is 0. The van der Waals surface area contributed by atoms with Gasteiger partial charge >= 0.3 is 0 Å². The van der Waals surface area contributed by atoms with E-state index in [4.69, 9.17) is 0 Å². The Labute approximate surface area is 142 Å². The van der Waals surface area contributed by atoms with Crippen molar-refractivity contribution in [3.63, 3.8) is 0 Å². The highest BCUT2D eigenvalue weighted by Crippen LogP contribution is 2.28. The highest BCUT2D eigenvalue weighted by atomic mass is 15.4. The zero-order chi connectivity index (χ0) is 17.1. The zero-order valence-electron chi connectivity index (χ0n) is 14.9. The van der Waals surface area contributed by atoms with Crippen LogP contribution >= 0.6 is 0 Å². The van der Waals surface area contributed by atoms with Crippen LogP contribution in [0.5, 0.6) is 0 Å². The maximum absolute atomic E-state index is 4.52. The molecule has 0 aliphatic heterocycles. The van der Waals surface area contributed by atoms with Gasteiger partial charge in [-0.2, -0.15) is 15.0 Å². The van der Waals surface area contributed by atoms with E-state index in [2.05, 4.69) is 46.6 Å². The van der Waals surface area contributed by atoms with Crippen LogP contribution in [0.4, 0.5) is 5.69 Å². The lowest BCUT2D eigenvalue weighted by Crippen LogP contribution is -2.25. The normalized spacial score (nSPS) is 13.0. The van der Waals surface area contributed by atoms with Gasteiger partial charge in [0.25, 0.3) is 0 Å². The second-order valence-corrected chi connectivity index (χ2v) is 6.67. The summed E-state index contributed by atoms with van der Waals surface area (Å²) in [5.74, 6) is 0. The fourth-order valence-corrected chi connectivity index (χ4v) is 2.98. The predicted molar refractivity (Wildman–Crippen MR) is 99.3 cm³/mol. The van der Waals surface area contributed by atoms with Crippen molar-refractivity contribution in [3.8, 4) is 0 Å². The summed E-state index contributed by atoms with van der Waals surface area (Å²) >= 11 is 0. The van der Waals surface area contributed by atoms with Crippen molar-refractivity contribution in [1.29, 1.82) is 0 Å². The van der Waals surface area contributed by atoms with Crippen LogP contribution in [0.2, 0.25) is 0 Å². The van der Waals surface area contributed by atoms with E-state index in [9.17, 15) is 0 Å². The summed E-state index contributed by atoms with van der Waals surface area (Å²) in [6.45, 7) is 7.63. The summed E-state index contributed by atoms with van der Waals surface area (Å²) in [5.41, 5.74) is 3.83. The third-order valence-electron chi connectivity index (χ3n) is 4.12. The molecule has 1 atom stereocenters. The summed E-state index contributed by atoms with van der Waals surface area (Å²) in [4.78, 5) is 6.09. The third-order valence-corrected chi connectivity index (χ3v) is 4.12. The summed E-state index contributed by atoms with van der Waals surface area (Å²) in [7, 11) is 1.85. The molecule has 0 spiro atoms. The SMILES string of the molecule is CC(C)NCCCC(C)Nc1ccnc2ccc3nn(C)nc3c12. The van der Waals surface area contributed by atoms with Crippen LogP contribution in [0.3, 0.4) is 0 Å². The number of hydrogen-bond donors (Lipinski definition) is 2. The number of rotatable bonds is 7. The number of nitrogens with zero attached hydrogens (tertiary/aromatic N) is 4. The molecular weight excluding hydrogens is 300 g/mol. The molecule has 128 valence electrons. The van der Waals surface area contributed by atoms with Gasteiger partial charge in [0.2, 0.25) is 0 Å². The minimum Gasteiger partial charge on any atom is -0.382 e. The minimum atomic E-state index is 0.386. The topological polar surface area (TPSA) is 67.7 Å². The Hall–Kier alpha value is -2.21. The Morgan fingerprint density at radius 3 is 2.67 bits per heavy atom. The van der Waals surface area contributed by atoms with Crippen molar-refractivity contribution in [1.82, 2.24) is 25.3 Å². The average Bonchev–Trinajstić information content (AvgIpc) is 2.92. The van der Waals surface area contributed by atoms with E-state index in [1.54, 1.807) is 4.80 Å². The first-order valence-electron chi connectivity index (χ1n) is 8.63. The highest BCUT2D eigenvalue weighted by Gasteiger charge is 2.12. The Bertz CT molecular complexity index is 823. The van der Waals surface area contributed by atoms with Crippen LogP contribution in [0.15, 0.2) is 24.4 Å². The standard InChI is InChI=1S/C18H26N6/c1-12(2)19-10-5-6-13(3)21-15-9-11-20-14-7-8-16-18(17(14)15)23-24(4)22-16/h7-9,11-13,19H,5-6,10H2,1-4H3,(H,20,21). The first kappa shape index (κ1) is 16.6. The third kappa shape index (κ3) is 3.64. The van der Waals surface area contributed by atoms with Gasteiger partial charge in [0.1, 0.15) is 11.0 Å². The Kier molecular flexibility index (Phi) is 4.94. The highest BCUT2D eigenvalue weighted by molar-refractivity contribution is 6.08. The maximum atomic E-state index is 4.52. The molecule has 2 N–H and O–H groups in total. The second kappa shape index (κ2) is 7.13. The van der Waals surface area contributed by atoms with E-state index in [1.165, 1.54) is 0 Å². The predicted octanol–water partition coefficient (Wildman–Crippen LogP) is 3.10. The number of aryl methyl sites for hydroxylation is 1. The fourth-order valence-electron chi connectivity index (χ4n) is 2.98. The molecule has 6 nitrogen and oxygen atoms in total. The quantitative estimate of drug-likeness (QED) is 0.653. The van der Waals surface area contributed by atoms with Crippen molar-refractivity contribution in [3.05, 3.63) is 24.4 Å². The molecular formula is C18H26N6. The van der Waals surface area contributed by atoms with Crippen LogP contribution in [0.25, 0.3) is 21.9 Å². The first-order valence-corrected chi connectivity index (χ1v) is 8.63. The van der Waals surface area contributed by atoms with E-state index < -0.39 is 0 Å². The van der Waals surface area contributed by atoms with E-state index >= 15 is 0 Å². The fraction of sp³-hybridized carbons (Fsp3) is 0.500. The molecule has 3 rings (SSSR count). The zero-order valence-corrected chi connectivity index (χ0v) is 14.9. The van der Waals surface area contributed by atoms with Gasteiger partial charge < -0.3 is 10.6 Å². The molecule has 24 heavy (non-hydrogen) atoms. The van der Waals surface area contributed by atoms with Crippen LogP contribution in [-0.2, 0) is 7.05 Å². The molecule has 0 amide bonds. The lowest BCUT2D eigenvalue weighted by Gasteiger charge is -2.17. The van der Waals surface area contributed by atoms with E-state index in [0.29, 0.717) is 12.1 Å². The number of aromatic nitrogens is 4. The Morgan fingerprint density at radius 2 is 1.88 bits per heavy atom.